The molecular formula is C14H21N. The van der Waals surface area contributed by atoms with Crippen LogP contribution in [0.25, 0.3) is 0 Å². The SMILES string of the molecule is CC(C)NC1CCCCc2ccccc21. The fraction of sp³-hybridized carbons (Fsp3) is 0.571. The monoisotopic (exact) mass is 203 g/mol. The Morgan fingerprint density at radius 2 is 2.00 bits per heavy atom. The second-order valence-corrected chi connectivity index (χ2v) is 4.82. The molecule has 1 aliphatic rings. The van der Waals surface area contributed by atoms with Gasteiger partial charge in [0.1, 0.15) is 0 Å². The maximum Gasteiger partial charge on any atom is 0.0325 e. The average Bonchev–Trinajstić information content (AvgIpc) is 2.41. The summed E-state index contributed by atoms with van der Waals surface area (Å²) < 4.78 is 0. The normalized spacial score (nSPS) is 21.1. The van der Waals surface area contributed by atoms with E-state index in [0.29, 0.717) is 12.1 Å². The van der Waals surface area contributed by atoms with Crippen LogP contribution in [0.3, 0.4) is 0 Å². The summed E-state index contributed by atoms with van der Waals surface area (Å²) in [6.07, 6.45) is 5.23. The third-order valence-corrected chi connectivity index (χ3v) is 3.15. The molecule has 0 amide bonds. The fourth-order valence-corrected chi connectivity index (χ4v) is 2.50. The molecule has 1 atom stereocenters. The summed E-state index contributed by atoms with van der Waals surface area (Å²) in [5.74, 6) is 0. The zero-order valence-corrected chi connectivity index (χ0v) is 9.79. The first kappa shape index (κ1) is 10.7. The molecule has 1 aromatic rings. The van der Waals surface area contributed by atoms with Crippen LogP contribution < -0.4 is 5.32 Å². The smallest absolute Gasteiger partial charge is 0.0325 e. The molecule has 2 rings (SSSR count). The zero-order valence-electron chi connectivity index (χ0n) is 9.79. The van der Waals surface area contributed by atoms with E-state index in [9.17, 15) is 0 Å². The fourth-order valence-electron chi connectivity index (χ4n) is 2.50. The van der Waals surface area contributed by atoms with E-state index in [4.69, 9.17) is 0 Å². The Balaban J connectivity index is 2.24. The van der Waals surface area contributed by atoms with Crippen LogP contribution in [0.4, 0.5) is 0 Å². The number of hydrogen-bond acceptors (Lipinski definition) is 1. The van der Waals surface area contributed by atoms with Gasteiger partial charge in [-0.25, -0.2) is 0 Å². The predicted octanol–water partition coefficient (Wildman–Crippen LogP) is 3.45. The molecule has 1 aromatic carbocycles. The first-order valence-electron chi connectivity index (χ1n) is 6.11. The Morgan fingerprint density at radius 1 is 1.20 bits per heavy atom. The maximum atomic E-state index is 3.68. The van der Waals surface area contributed by atoms with Crippen molar-refractivity contribution in [2.45, 2.75) is 51.6 Å². The summed E-state index contributed by atoms with van der Waals surface area (Å²) >= 11 is 0. The van der Waals surface area contributed by atoms with Crippen LogP contribution in [0.5, 0.6) is 0 Å². The van der Waals surface area contributed by atoms with E-state index < -0.39 is 0 Å². The molecule has 1 nitrogen and oxygen atoms in total. The van der Waals surface area contributed by atoms with E-state index in [1.807, 2.05) is 0 Å². The lowest BCUT2D eigenvalue weighted by Crippen LogP contribution is -2.28. The molecule has 0 bridgehead atoms. The van der Waals surface area contributed by atoms with Gasteiger partial charge in [-0.05, 0) is 30.4 Å². The number of aryl methyl sites for hydroxylation is 1. The molecule has 0 aromatic heterocycles. The van der Waals surface area contributed by atoms with Crippen molar-refractivity contribution in [3.8, 4) is 0 Å². The molecule has 0 saturated carbocycles. The van der Waals surface area contributed by atoms with Crippen LogP contribution in [0.2, 0.25) is 0 Å². The summed E-state index contributed by atoms with van der Waals surface area (Å²) in [6, 6.07) is 10.1. The highest BCUT2D eigenvalue weighted by molar-refractivity contribution is 5.31. The van der Waals surface area contributed by atoms with Crippen molar-refractivity contribution in [3.63, 3.8) is 0 Å². The standard InChI is InChI=1S/C14H21N/c1-11(2)15-14-10-6-4-8-12-7-3-5-9-13(12)14/h3,5,7,9,11,14-15H,4,6,8,10H2,1-2H3. The molecule has 0 fully saturated rings. The van der Waals surface area contributed by atoms with Crippen molar-refractivity contribution < 1.29 is 0 Å². The van der Waals surface area contributed by atoms with Crippen LogP contribution in [-0.2, 0) is 6.42 Å². The number of hydrogen-bond donors (Lipinski definition) is 1. The summed E-state index contributed by atoms with van der Waals surface area (Å²) in [5, 5.41) is 3.68. The van der Waals surface area contributed by atoms with Gasteiger partial charge in [0.15, 0.2) is 0 Å². The van der Waals surface area contributed by atoms with Gasteiger partial charge in [-0.1, -0.05) is 44.5 Å². The predicted molar refractivity (Wildman–Crippen MR) is 65.0 cm³/mol. The van der Waals surface area contributed by atoms with Crippen LogP contribution in [0, 0.1) is 0 Å². The first-order chi connectivity index (χ1) is 7.27. The molecule has 1 N–H and O–H groups in total. The zero-order chi connectivity index (χ0) is 10.7. The van der Waals surface area contributed by atoms with Crippen LogP contribution >= 0.6 is 0 Å². The minimum Gasteiger partial charge on any atom is -0.308 e. The highest BCUT2D eigenvalue weighted by Gasteiger charge is 2.18. The quantitative estimate of drug-likeness (QED) is 0.726. The van der Waals surface area contributed by atoms with Gasteiger partial charge < -0.3 is 5.32 Å². The molecule has 1 heteroatoms. The van der Waals surface area contributed by atoms with E-state index in [1.54, 1.807) is 5.56 Å². The molecule has 1 aliphatic carbocycles. The Kier molecular flexibility index (Phi) is 3.42. The maximum absolute atomic E-state index is 3.68. The molecule has 82 valence electrons. The minimum absolute atomic E-state index is 0.571. The highest BCUT2D eigenvalue weighted by Crippen LogP contribution is 2.28. The van der Waals surface area contributed by atoms with E-state index >= 15 is 0 Å². The molecule has 1 unspecified atom stereocenters. The van der Waals surface area contributed by atoms with Crippen LogP contribution in [0.1, 0.15) is 50.3 Å². The van der Waals surface area contributed by atoms with Crippen molar-refractivity contribution in [2.24, 2.45) is 0 Å². The Labute approximate surface area is 92.9 Å². The van der Waals surface area contributed by atoms with E-state index in [-0.39, 0.29) is 0 Å². The Hall–Kier alpha value is -0.820. The van der Waals surface area contributed by atoms with Gasteiger partial charge in [-0.15, -0.1) is 0 Å². The van der Waals surface area contributed by atoms with Crippen LogP contribution in [-0.4, -0.2) is 6.04 Å². The minimum atomic E-state index is 0.571. The van der Waals surface area contributed by atoms with Gasteiger partial charge in [0.05, 0.1) is 0 Å². The molecule has 15 heavy (non-hydrogen) atoms. The second kappa shape index (κ2) is 4.80. The van der Waals surface area contributed by atoms with Gasteiger partial charge in [0.25, 0.3) is 0 Å². The van der Waals surface area contributed by atoms with Crippen molar-refractivity contribution >= 4 is 0 Å². The van der Waals surface area contributed by atoms with Gasteiger partial charge in [0, 0.05) is 12.1 Å². The number of nitrogens with one attached hydrogen (secondary N) is 1. The lowest BCUT2D eigenvalue weighted by atomic mass is 9.99. The van der Waals surface area contributed by atoms with Gasteiger partial charge in [-0.3, -0.25) is 0 Å². The number of fused-ring (bicyclic) bond motifs is 1. The van der Waals surface area contributed by atoms with Crippen molar-refractivity contribution in [2.75, 3.05) is 0 Å². The number of rotatable bonds is 2. The summed E-state index contributed by atoms with van der Waals surface area (Å²) in [7, 11) is 0. The Morgan fingerprint density at radius 3 is 2.80 bits per heavy atom. The third-order valence-electron chi connectivity index (χ3n) is 3.15. The topological polar surface area (TPSA) is 12.0 Å². The largest absolute Gasteiger partial charge is 0.308 e. The van der Waals surface area contributed by atoms with Crippen molar-refractivity contribution in [1.82, 2.24) is 5.32 Å². The second-order valence-electron chi connectivity index (χ2n) is 4.82. The summed E-state index contributed by atoms with van der Waals surface area (Å²) in [6.45, 7) is 4.46. The van der Waals surface area contributed by atoms with Crippen molar-refractivity contribution in [1.29, 1.82) is 0 Å². The molecule has 0 radical (unpaired) electrons. The summed E-state index contributed by atoms with van der Waals surface area (Å²) in [5.41, 5.74) is 3.08. The molecular weight excluding hydrogens is 182 g/mol. The van der Waals surface area contributed by atoms with Crippen molar-refractivity contribution in [3.05, 3.63) is 35.4 Å². The first-order valence-corrected chi connectivity index (χ1v) is 6.11. The van der Waals surface area contributed by atoms with Crippen LogP contribution in [0.15, 0.2) is 24.3 Å². The lowest BCUT2D eigenvalue weighted by Gasteiger charge is -2.21. The molecule has 0 heterocycles. The van der Waals surface area contributed by atoms with E-state index in [0.717, 1.165) is 0 Å². The van der Waals surface area contributed by atoms with E-state index in [2.05, 4.69) is 43.4 Å². The molecule has 0 saturated heterocycles. The van der Waals surface area contributed by atoms with Gasteiger partial charge in [0.2, 0.25) is 0 Å². The Bertz CT molecular complexity index is 317. The third kappa shape index (κ3) is 2.60. The number of benzene rings is 1. The van der Waals surface area contributed by atoms with Gasteiger partial charge >= 0.3 is 0 Å². The van der Waals surface area contributed by atoms with Gasteiger partial charge in [-0.2, -0.15) is 0 Å². The van der Waals surface area contributed by atoms with E-state index in [1.165, 1.54) is 31.2 Å². The lowest BCUT2D eigenvalue weighted by molar-refractivity contribution is 0.446. The highest BCUT2D eigenvalue weighted by atomic mass is 14.9. The molecule has 0 spiro atoms. The summed E-state index contributed by atoms with van der Waals surface area (Å²) in [4.78, 5) is 0. The average molecular weight is 203 g/mol. The molecule has 0 aliphatic heterocycles.